The lowest BCUT2D eigenvalue weighted by molar-refractivity contribution is 0.570. The first-order chi connectivity index (χ1) is 10.6. The number of nitrogens with one attached hydrogen (secondary N) is 1. The van der Waals surface area contributed by atoms with E-state index in [1.807, 2.05) is 17.9 Å². The highest BCUT2D eigenvalue weighted by atomic mass is 32.1. The fourth-order valence-electron chi connectivity index (χ4n) is 3.31. The fourth-order valence-corrected chi connectivity index (χ4v) is 4.31. The van der Waals surface area contributed by atoms with Crippen molar-refractivity contribution in [2.24, 2.45) is 7.05 Å². The van der Waals surface area contributed by atoms with Gasteiger partial charge in [0.2, 0.25) is 0 Å². The summed E-state index contributed by atoms with van der Waals surface area (Å²) in [5.74, 6) is 0.952. The summed E-state index contributed by atoms with van der Waals surface area (Å²) in [7, 11) is 2.02. The first kappa shape index (κ1) is 13.7. The second kappa shape index (κ2) is 5.05. The molecule has 22 heavy (non-hydrogen) atoms. The Hall–Kier alpha value is -1.95. The molecule has 1 N–H and O–H groups in total. The van der Waals surface area contributed by atoms with E-state index in [1.54, 1.807) is 17.7 Å². The maximum Gasteiger partial charge on any atom is 0.138 e. The highest BCUT2D eigenvalue weighted by Gasteiger charge is 2.24. The topological polar surface area (TPSA) is 55.6 Å². The number of anilines is 1. The lowest BCUT2D eigenvalue weighted by Gasteiger charge is -2.24. The summed E-state index contributed by atoms with van der Waals surface area (Å²) in [5.41, 5.74) is 3.93. The molecule has 0 spiro atoms. The molecule has 114 valence electrons. The van der Waals surface area contributed by atoms with Gasteiger partial charge in [-0.2, -0.15) is 5.10 Å². The molecule has 0 amide bonds. The summed E-state index contributed by atoms with van der Waals surface area (Å²) in [6.45, 7) is 4.30. The van der Waals surface area contributed by atoms with Crippen molar-refractivity contribution in [3.8, 4) is 0 Å². The van der Waals surface area contributed by atoms with E-state index in [4.69, 9.17) is 0 Å². The monoisotopic (exact) mass is 313 g/mol. The van der Waals surface area contributed by atoms with Crippen LogP contribution in [0.4, 0.5) is 5.82 Å². The van der Waals surface area contributed by atoms with Crippen molar-refractivity contribution in [3.05, 3.63) is 34.2 Å². The molecule has 0 aliphatic heterocycles. The van der Waals surface area contributed by atoms with E-state index in [1.165, 1.54) is 33.5 Å². The number of aromatic nitrogens is 4. The van der Waals surface area contributed by atoms with Crippen LogP contribution in [0.5, 0.6) is 0 Å². The van der Waals surface area contributed by atoms with Crippen LogP contribution in [0.3, 0.4) is 0 Å². The lowest BCUT2D eigenvalue weighted by atomic mass is 9.93. The summed E-state index contributed by atoms with van der Waals surface area (Å²) in [4.78, 5) is 11.3. The summed E-state index contributed by atoms with van der Waals surface area (Å²) >= 11 is 1.74. The van der Waals surface area contributed by atoms with Crippen molar-refractivity contribution < 1.29 is 0 Å². The Kier molecular flexibility index (Phi) is 3.14. The van der Waals surface area contributed by atoms with Gasteiger partial charge in [-0.1, -0.05) is 0 Å². The van der Waals surface area contributed by atoms with E-state index in [0.717, 1.165) is 23.5 Å². The molecule has 4 rings (SSSR count). The molecule has 0 fully saturated rings. The molecule has 1 aliphatic carbocycles. The normalized spacial score (nSPS) is 17.7. The van der Waals surface area contributed by atoms with Crippen molar-refractivity contribution in [2.45, 2.75) is 39.2 Å². The Bertz CT molecular complexity index is 848. The van der Waals surface area contributed by atoms with Crippen molar-refractivity contribution in [3.63, 3.8) is 0 Å². The molecule has 0 bridgehead atoms. The predicted octanol–water partition coefficient (Wildman–Crippen LogP) is 3.53. The molecule has 3 aromatic heterocycles. The van der Waals surface area contributed by atoms with E-state index in [9.17, 15) is 0 Å². The maximum absolute atomic E-state index is 4.51. The average Bonchev–Trinajstić information content (AvgIpc) is 3.02. The van der Waals surface area contributed by atoms with E-state index >= 15 is 0 Å². The van der Waals surface area contributed by atoms with Gasteiger partial charge in [-0.15, -0.1) is 11.3 Å². The van der Waals surface area contributed by atoms with Crippen LogP contribution in [-0.4, -0.2) is 19.7 Å². The van der Waals surface area contributed by atoms with Crippen LogP contribution in [0.15, 0.2) is 12.5 Å². The zero-order valence-corrected chi connectivity index (χ0v) is 13.9. The number of rotatable bonds is 2. The number of fused-ring (bicyclic) bond motifs is 2. The molecular weight excluding hydrogens is 294 g/mol. The zero-order chi connectivity index (χ0) is 15.3. The standard InChI is InChI=1S/C16H19N5S/c1-9-10(2)22-16-14(9)15(17-8-18-16)20-12-5-4-6-13-11(12)7-19-21(13)3/h7-8,12H,4-6H2,1-3H3,(H,17,18,20). The van der Waals surface area contributed by atoms with Crippen LogP contribution in [0.2, 0.25) is 0 Å². The van der Waals surface area contributed by atoms with Gasteiger partial charge in [-0.25, -0.2) is 9.97 Å². The summed E-state index contributed by atoms with van der Waals surface area (Å²) in [6.07, 6.45) is 7.06. The van der Waals surface area contributed by atoms with Gasteiger partial charge in [0.15, 0.2) is 0 Å². The Labute approximate surface area is 133 Å². The van der Waals surface area contributed by atoms with Gasteiger partial charge in [0.05, 0.1) is 17.6 Å². The van der Waals surface area contributed by atoms with E-state index in [-0.39, 0.29) is 6.04 Å². The van der Waals surface area contributed by atoms with Gasteiger partial charge in [0.1, 0.15) is 17.0 Å². The molecule has 5 nitrogen and oxygen atoms in total. The molecule has 0 saturated carbocycles. The largest absolute Gasteiger partial charge is 0.362 e. The average molecular weight is 313 g/mol. The van der Waals surface area contributed by atoms with Crippen molar-refractivity contribution >= 4 is 27.4 Å². The van der Waals surface area contributed by atoms with Crippen LogP contribution in [0.1, 0.15) is 40.6 Å². The molecule has 1 unspecified atom stereocenters. The highest BCUT2D eigenvalue weighted by molar-refractivity contribution is 7.18. The van der Waals surface area contributed by atoms with Crippen LogP contribution in [0.25, 0.3) is 10.2 Å². The zero-order valence-electron chi connectivity index (χ0n) is 13.1. The van der Waals surface area contributed by atoms with Crippen molar-refractivity contribution in [2.75, 3.05) is 5.32 Å². The van der Waals surface area contributed by atoms with Gasteiger partial charge < -0.3 is 5.32 Å². The second-order valence-corrected chi connectivity index (χ2v) is 7.15. The second-order valence-electron chi connectivity index (χ2n) is 5.95. The number of hydrogen-bond acceptors (Lipinski definition) is 5. The highest BCUT2D eigenvalue weighted by Crippen LogP contribution is 2.36. The quantitative estimate of drug-likeness (QED) is 0.786. The number of nitrogens with zero attached hydrogens (tertiary/aromatic N) is 4. The van der Waals surface area contributed by atoms with Gasteiger partial charge in [0.25, 0.3) is 0 Å². The first-order valence-corrected chi connectivity index (χ1v) is 8.45. The van der Waals surface area contributed by atoms with E-state index < -0.39 is 0 Å². The Morgan fingerprint density at radius 2 is 2.18 bits per heavy atom. The molecule has 1 aliphatic rings. The molecule has 3 heterocycles. The lowest BCUT2D eigenvalue weighted by Crippen LogP contribution is -2.18. The minimum atomic E-state index is 0.287. The van der Waals surface area contributed by atoms with Gasteiger partial charge in [-0.3, -0.25) is 4.68 Å². The third-order valence-corrected chi connectivity index (χ3v) is 5.77. The van der Waals surface area contributed by atoms with Crippen LogP contribution >= 0.6 is 11.3 Å². The fraction of sp³-hybridized carbons (Fsp3) is 0.438. The Morgan fingerprint density at radius 1 is 1.32 bits per heavy atom. The van der Waals surface area contributed by atoms with Crippen molar-refractivity contribution in [1.82, 2.24) is 19.7 Å². The van der Waals surface area contributed by atoms with Crippen molar-refractivity contribution in [1.29, 1.82) is 0 Å². The van der Waals surface area contributed by atoms with E-state index in [2.05, 4.69) is 34.2 Å². The van der Waals surface area contributed by atoms with Crippen LogP contribution in [0, 0.1) is 13.8 Å². The van der Waals surface area contributed by atoms with Crippen LogP contribution < -0.4 is 5.32 Å². The molecular formula is C16H19N5S. The summed E-state index contributed by atoms with van der Waals surface area (Å²) in [5, 5.41) is 9.24. The van der Waals surface area contributed by atoms with Gasteiger partial charge >= 0.3 is 0 Å². The smallest absolute Gasteiger partial charge is 0.138 e. The minimum Gasteiger partial charge on any atom is -0.362 e. The minimum absolute atomic E-state index is 0.287. The SMILES string of the molecule is Cc1sc2ncnc(NC3CCCc4c3cnn4C)c2c1C. The Morgan fingerprint density at radius 3 is 3.05 bits per heavy atom. The molecule has 0 aromatic carbocycles. The summed E-state index contributed by atoms with van der Waals surface area (Å²) < 4.78 is 2.00. The van der Waals surface area contributed by atoms with Crippen LogP contribution in [-0.2, 0) is 13.5 Å². The number of aryl methyl sites for hydroxylation is 3. The number of hydrogen-bond donors (Lipinski definition) is 1. The maximum atomic E-state index is 4.51. The molecule has 1 atom stereocenters. The number of thiophene rings is 1. The Balaban J connectivity index is 1.76. The van der Waals surface area contributed by atoms with Gasteiger partial charge in [0, 0.05) is 23.2 Å². The molecule has 3 aromatic rings. The molecule has 6 heteroatoms. The third-order valence-electron chi connectivity index (χ3n) is 4.65. The van der Waals surface area contributed by atoms with E-state index in [0.29, 0.717) is 0 Å². The molecule has 0 radical (unpaired) electrons. The predicted molar refractivity (Wildman–Crippen MR) is 89.4 cm³/mol. The summed E-state index contributed by atoms with van der Waals surface area (Å²) in [6, 6.07) is 0.287. The molecule has 0 saturated heterocycles. The first-order valence-electron chi connectivity index (χ1n) is 7.63. The third kappa shape index (κ3) is 2.01. The van der Waals surface area contributed by atoms with Gasteiger partial charge in [-0.05, 0) is 38.7 Å².